The lowest BCUT2D eigenvalue weighted by atomic mass is 10.1. The first kappa shape index (κ1) is 18.3. The first-order valence-corrected chi connectivity index (χ1v) is 11.5. The van der Waals surface area contributed by atoms with E-state index in [4.69, 9.17) is 4.98 Å². The Morgan fingerprint density at radius 1 is 0.935 bits per heavy atom. The molecule has 0 bridgehead atoms. The average molecular weight is 425 g/mol. The van der Waals surface area contributed by atoms with Crippen molar-refractivity contribution in [3.63, 3.8) is 0 Å². The molecule has 0 atom stereocenters. The van der Waals surface area contributed by atoms with E-state index >= 15 is 0 Å². The quantitative estimate of drug-likeness (QED) is 0.380. The zero-order valence-corrected chi connectivity index (χ0v) is 17.8. The van der Waals surface area contributed by atoms with E-state index in [-0.39, 0.29) is 0 Å². The number of fused-ring (bicyclic) bond motifs is 1. The fraction of sp³-hybridized carbons (Fsp3) is 0.167. The Morgan fingerprint density at radius 2 is 1.71 bits per heavy atom. The zero-order chi connectivity index (χ0) is 20.8. The number of pyridine rings is 1. The summed E-state index contributed by atoms with van der Waals surface area (Å²) in [7, 11) is 0. The van der Waals surface area contributed by atoms with Crippen LogP contribution in [0.5, 0.6) is 0 Å². The van der Waals surface area contributed by atoms with Crippen LogP contribution in [0.25, 0.3) is 39.4 Å². The van der Waals surface area contributed by atoms with Crippen LogP contribution in [0.4, 0.5) is 0 Å². The number of H-pyrrole nitrogens is 1. The van der Waals surface area contributed by atoms with E-state index in [2.05, 4.69) is 54.8 Å². The summed E-state index contributed by atoms with van der Waals surface area (Å²) in [6.07, 6.45) is 14.0. The van der Waals surface area contributed by atoms with Crippen molar-refractivity contribution in [1.82, 2.24) is 29.3 Å². The van der Waals surface area contributed by atoms with E-state index in [0.717, 1.165) is 50.3 Å². The standard InChI is InChI=1S/C24H20N6S/c1-31-24-23-27-13-21(30(23)14-20(29-24)16-8-10-25-11-9-16)17-4-2-15(3-5-17)19-12-26-22(28-19)18-6-7-18/h2-5,8-14,18H,6-7H2,1H3,(H,26,28). The normalized spacial score (nSPS) is 13.7. The Balaban J connectivity index is 1.40. The Hall–Kier alpha value is -3.45. The van der Waals surface area contributed by atoms with Crippen LogP contribution >= 0.6 is 11.8 Å². The Labute approximate surface area is 183 Å². The van der Waals surface area contributed by atoms with Crippen LogP contribution in [0.3, 0.4) is 0 Å². The Bertz CT molecular complexity index is 1370. The molecule has 1 fully saturated rings. The molecule has 7 heteroatoms. The number of nitrogens with zero attached hydrogens (tertiary/aromatic N) is 5. The van der Waals surface area contributed by atoms with Gasteiger partial charge in [-0.15, -0.1) is 11.8 Å². The van der Waals surface area contributed by atoms with Crippen molar-refractivity contribution in [3.05, 3.63) is 73.2 Å². The molecular weight excluding hydrogens is 404 g/mol. The van der Waals surface area contributed by atoms with E-state index in [9.17, 15) is 0 Å². The van der Waals surface area contributed by atoms with Crippen LogP contribution in [0.1, 0.15) is 24.6 Å². The summed E-state index contributed by atoms with van der Waals surface area (Å²) in [5.74, 6) is 1.74. The van der Waals surface area contributed by atoms with Crippen molar-refractivity contribution >= 4 is 17.4 Å². The highest BCUT2D eigenvalue weighted by atomic mass is 32.2. The zero-order valence-electron chi connectivity index (χ0n) is 17.0. The summed E-state index contributed by atoms with van der Waals surface area (Å²) in [6.45, 7) is 0. The summed E-state index contributed by atoms with van der Waals surface area (Å²) in [5, 5.41) is 0.905. The molecule has 1 aliphatic rings. The monoisotopic (exact) mass is 424 g/mol. The predicted molar refractivity (Wildman–Crippen MR) is 123 cm³/mol. The highest BCUT2D eigenvalue weighted by Gasteiger charge is 2.26. The number of hydrogen-bond acceptors (Lipinski definition) is 5. The lowest BCUT2D eigenvalue weighted by Gasteiger charge is -2.08. The first-order chi connectivity index (χ1) is 15.3. The minimum absolute atomic E-state index is 0.625. The number of hydrogen-bond donors (Lipinski definition) is 1. The van der Waals surface area contributed by atoms with E-state index in [1.807, 2.05) is 30.8 Å². The number of rotatable bonds is 5. The van der Waals surface area contributed by atoms with Crippen LogP contribution in [0.2, 0.25) is 0 Å². The number of thioether (sulfide) groups is 1. The lowest BCUT2D eigenvalue weighted by molar-refractivity contribution is 0.977. The largest absolute Gasteiger partial charge is 0.342 e. The lowest BCUT2D eigenvalue weighted by Crippen LogP contribution is -1.96. The van der Waals surface area contributed by atoms with Gasteiger partial charge in [-0.3, -0.25) is 9.38 Å². The summed E-state index contributed by atoms with van der Waals surface area (Å²) in [6, 6.07) is 12.5. The van der Waals surface area contributed by atoms with E-state index in [1.165, 1.54) is 12.8 Å². The number of nitrogens with one attached hydrogen (secondary N) is 1. The average Bonchev–Trinajstić information content (AvgIpc) is 3.40. The van der Waals surface area contributed by atoms with Crippen molar-refractivity contribution < 1.29 is 0 Å². The van der Waals surface area contributed by atoms with Gasteiger partial charge in [0.15, 0.2) is 5.65 Å². The molecule has 1 aliphatic carbocycles. The molecule has 152 valence electrons. The second kappa shape index (κ2) is 7.35. The Morgan fingerprint density at radius 3 is 2.45 bits per heavy atom. The molecule has 0 spiro atoms. The highest BCUT2D eigenvalue weighted by Crippen LogP contribution is 2.39. The molecule has 0 amide bonds. The van der Waals surface area contributed by atoms with Crippen LogP contribution in [0.15, 0.2) is 72.4 Å². The van der Waals surface area contributed by atoms with Gasteiger partial charge < -0.3 is 4.98 Å². The molecule has 4 aromatic heterocycles. The van der Waals surface area contributed by atoms with Gasteiger partial charge in [-0.1, -0.05) is 24.3 Å². The SMILES string of the molecule is CSc1nc(-c2ccncc2)cn2c(-c3ccc(-c4cnc(C5CC5)[nH]4)cc3)cnc12. The van der Waals surface area contributed by atoms with Crippen LogP contribution in [-0.2, 0) is 0 Å². The van der Waals surface area contributed by atoms with Gasteiger partial charge in [-0.2, -0.15) is 0 Å². The maximum Gasteiger partial charge on any atom is 0.170 e. The molecule has 0 unspecified atom stereocenters. The molecule has 0 aliphatic heterocycles. The van der Waals surface area contributed by atoms with Crippen molar-refractivity contribution in [1.29, 1.82) is 0 Å². The maximum absolute atomic E-state index is 4.81. The third-order valence-corrected chi connectivity index (χ3v) is 6.34. The molecule has 6 nitrogen and oxygen atoms in total. The molecule has 0 radical (unpaired) electrons. The molecule has 1 aromatic carbocycles. The van der Waals surface area contributed by atoms with E-state index in [1.54, 1.807) is 24.2 Å². The minimum atomic E-state index is 0.625. The maximum atomic E-state index is 4.81. The molecule has 1 saturated carbocycles. The second-order valence-electron chi connectivity index (χ2n) is 7.74. The smallest absolute Gasteiger partial charge is 0.170 e. The number of imidazole rings is 2. The van der Waals surface area contributed by atoms with Gasteiger partial charge in [0.25, 0.3) is 0 Å². The fourth-order valence-electron chi connectivity index (χ4n) is 3.84. The third kappa shape index (κ3) is 3.31. The number of aromatic amines is 1. The molecule has 5 aromatic rings. The predicted octanol–water partition coefficient (Wildman–Crippen LogP) is 5.45. The number of aromatic nitrogens is 6. The van der Waals surface area contributed by atoms with E-state index in [0.29, 0.717) is 5.92 Å². The molecule has 6 rings (SSSR count). The van der Waals surface area contributed by atoms with Gasteiger partial charge in [-0.05, 0) is 36.8 Å². The van der Waals surface area contributed by atoms with Gasteiger partial charge in [0.05, 0.1) is 29.5 Å². The van der Waals surface area contributed by atoms with E-state index < -0.39 is 0 Å². The van der Waals surface area contributed by atoms with Gasteiger partial charge >= 0.3 is 0 Å². The summed E-state index contributed by atoms with van der Waals surface area (Å²) in [4.78, 5) is 21.6. The summed E-state index contributed by atoms with van der Waals surface area (Å²) < 4.78 is 2.13. The third-order valence-electron chi connectivity index (χ3n) is 5.68. The van der Waals surface area contributed by atoms with Crippen molar-refractivity contribution in [2.75, 3.05) is 6.26 Å². The van der Waals surface area contributed by atoms with Gasteiger partial charge in [-0.25, -0.2) is 15.0 Å². The van der Waals surface area contributed by atoms with Gasteiger partial charge in [0, 0.05) is 35.6 Å². The van der Waals surface area contributed by atoms with Gasteiger partial charge in [0.1, 0.15) is 10.9 Å². The molecular formula is C24H20N6S. The highest BCUT2D eigenvalue weighted by molar-refractivity contribution is 7.98. The van der Waals surface area contributed by atoms with Crippen LogP contribution in [-0.4, -0.2) is 35.6 Å². The Kier molecular flexibility index (Phi) is 4.35. The second-order valence-corrected chi connectivity index (χ2v) is 8.54. The van der Waals surface area contributed by atoms with Crippen LogP contribution < -0.4 is 0 Å². The fourth-order valence-corrected chi connectivity index (χ4v) is 4.36. The molecule has 31 heavy (non-hydrogen) atoms. The summed E-state index contributed by atoms with van der Waals surface area (Å²) in [5.41, 5.74) is 7.16. The van der Waals surface area contributed by atoms with Crippen molar-refractivity contribution in [3.8, 4) is 33.8 Å². The molecule has 1 N–H and O–H groups in total. The number of benzene rings is 1. The van der Waals surface area contributed by atoms with Crippen molar-refractivity contribution in [2.45, 2.75) is 23.8 Å². The molecule has 4 heterocycles. The topological polar surface area (TPSA) is 71.8 Å². The van der Waals surface area contributed by atoms with Crippen molar-refractivity contribution in [2.24, 2.45) is 0 Å². The minimum Gasteiger partial charge on any atom is -0.342 e. The first-order valence-electron chi connectivity index (χ1n) is 10.3. The van der Waals surface area contributed by atoms with Gasteiger partial charge in [0.2, 0.25) is 0 Å². The van der Waals surface area contributed by atoms with Crippen LogP contribution in [0, 0.1) is 0 Å². The summed E-state index contributed by atoms with van der Waals surface area (Å²) >= 11 is 1.60. The molecule has 0 saturated heterocycles.